The van der Waals surface area contributed by atoms with Crippen molar-refractivity contribution < 1.29 is 9.90 Å². The van der Waals surface area contributed by atoms with E-state index in [-0.39, 0.29) is 17.8 Å². The van der Waals surface area contributed by atoms with Crippen LogP contribution >= 0.6 is 15.9 Å². The van der Waals surface area contributed by atoms with Crippen molar-refractivity contribution in [2.75, 3.05) is 13.1 Å². The van der Waals surface area contributed by atoms with Crippen molar-refractivity contribution >= 4 is 21.9 Å². The fraction of sp³-hybridized carbons (Fsp3) is 0.353. The number of aromatic carboxylic acids is 1. The number of carboxylic acids is 1. The summed E-state index contributed by atoms with van der Waals surface area (Å²) in [5.74, 6) is -1.30. The molecule has 132 valence electrons. The van der Waals surface area contributed by atoms with Gasteiger partial charge in [-0.1, -0.05) is 22.4 Å². The van der Waals surface area contributed by atoms with E-state index in [1.807, 2.05) is 0 Å². The molecule has 7 nitrogen and oxygen atoms in total. The number of nitrogens with one attached hydrogen (secondary N) is 1. The van der Waals surface area contributed by atoms with Crippen LogP contribution in [0.4, 0.5) is 0 Å². The molecule has 0 bridgehead atoms. The van der Waals surface area contributed by atoms with Gasteiger partial charge in [-0.2, -0.15) is 0 Å². The van der Waals surface area contributed by atoms with Crippen LogP contribution in [-0.4, -0.2) is 38.6 Å². The van der Waals surface area contributed by atoms with Crippen LogP contribution < -0.4 is 11.2 Å². The third kappa shape index (κ3) is 3.74. The van der Waals surface area contributed by atoms with Crippen LogP contribution in [-0.2, 0) is 6.54 Å². The molecule has 25 heavy (non-hydrogen) atoms. The maximum Gasteiger partial charge on any atom is 0.352 e. The number of aromatic nitrogens is 2. The number of likely N-dealkylation sites (tertiary alicyclic amines) is 1. The van der Waals surface area contributed by atoms with Gasteiger partial charge in [0, 0.05) is 11.0 Å². The predicted octanol–water partition coefficient (Wildman–Crippen LogP) is 1.97. The zero-order valence-electron chi connectivity index (χ0n) is 13.5. The highest BCUT2D eigenvalue weighted by Crippen LogP contribution is 2.14. The molecule has 1 aliphatic rings. The second-order valence-corrected chi connectivity index (χ2v) is 6.96. The van der Waals surface area contributed by atoms with Gasteiger partial charge in [-0.3, -0.25) is 9.69 Å². The van der Waals surface area contributed by atoms with E-state index in [1.165, 1.54) is 0 Å². The van der Waals surface area contributed by atoms with Gasteiger partial charge in [0.15, 0.2) is 0 Å². The Hall–Kier alpha value is -2.19. The third-order valence-electron chi connectivity index (χ3n) is 4.33. The summed E-state index contributed by atoms with van der Waals surface area (Å²) in [6.45, 7) is 1.85. The van der Waals surface area contributed by atoms with Crippen LogP contribution in [0.2, 0.25) is 0 Å². The highest BCUT2D eigenvalue weighted by Gasteiger charge is 2.22. The molecule has 0 aliphatic carbocycles. The third-order valence-corrected chi connectivity index (χ3v) is 4.86. The molecule has 0 atom stereocenters. The number of H-pyrrole nitrogens is 1. The van der Waals surface area contributed by atoms with E-state index >= 15 is 0 Å². The minimum absolute atomic E-state index is 0.108. The fourth-order valence-corrected chi connectivity index (χ4v) is 3.33. The topological polar surface area (TPSA) is 95.4 Å². The van der Waals surface area contributed by atoms with Gasteiger partial charge in [0.25, 0.3) is 5.56 Å². The van der Waals surface area contributed by atoms with Gasteiger partial charge in [0.2, 0.25) is 0 Å². The predicted molar refractivity (Wildman–Crippen MR) is 96.4 cm³/mol. The van der Waals surface area contributed by atoms with E-state index in [0.29, 0.717) is 5.69 Å². The largest absolute Gasteiger partial charge is 0.477 e. The number of carboxylic acid groups (broad SMARTS) is 1. The molecule has 0 spiro atoms. The highest BCUT2D eigenvalue weighted by molar-refractivity contribution is 9.10. The number of hydrogen-bond acceptors (Lipinski definition) is 4. The maximum absolute atomic E-state index is 12.9. The summed E-state index contributed by atoms with van der Waals surface area (Å²) in [6.07, 6.45) is 3.18. The molecule has 0 unspecified atom stereocenters. The lowest BCUT2D eigenvalue weighted by molar-refractivity contribution is 0.0686. The van der Waals surface area contributed by atoms with E-state index < -0.39 is 17.2 Å². The number of hydrogen-bond donors (Lipinski definition) is 2. The number of halogens is 1. The van der Waals surface area contributed by atoms with E-state index in [2.05, 4.69) is 25.8 Å². The minimum Gasteiger partial charge on any atom is -0.477 e. The molecule has 2 aromatic rings. The highest BCUT2D eigenvalue weighted by atomic mass is 79.9. The Morgan fingerprint density at radius 2 is 1.76 bits per heavy atom. The Balaban J connectivity index is 2.12. The first-order valence-corrected chi connectivity index (χ1v) is 8.86. The molecule has 0 saturated carbocycles. The van der Waals surface area contributed by atoms with Crippen LogP contribution in [0.5, 0.6) is 0 Å². The number of carbonyl (C=O) groups is 1. The number of benzene rings is 1. The normalized spacial score (nSPS) is 15.2. The van der Waals surface area contributed by atoms with E-state index in [9.17, 15) is 19.5 Å². The lowest BCUT2D eigenvalue weighted by atomic mass is 10.1. The van der Waals surface area contributed by atoms with Crippen LogP contribution in [0.15, 0.2) is 38.3 Å². The molecular weight excluding hydrogens is 390 g/mol. The fourth-order valence-electron chi connectivity index (χ4n) is 3.07. The Morgan fingerprint density at radius 1 is 1.12 bits per heavy atom. The summed E-state index contributed by atoms with van der Waals surface area (Å²) in [6, 6.07) is 6.70. The molecule has 1 fully saturated rings. The summed E-state index contributed by atoms with van der Waals surface area (Å²) < 4.78 is 1.80. The summed E-state index contributed by atoms with van der Waals surface area (Å²) in [5, 5.41) is 9.40. The molecule has 2 heterocycles. The van der Waals surface area contributed by atoms with E-state index in [0.717, 1.165) is 41.4 Å². The molecule has 0 amide bonds. The number of piperidine rings is 1. The van der Waals surface area contributed by atoms with Crippen molar-refractivity contribution in [2.24, 2.45) is 0 Å². The SMILES string of the molecule is O=C(O)c1[nH]c(=O)n(-c2ccc(Br)cc2)c(=O)c1CN1CCCCC1. The quantitative estimate of drug-likeness (QED) is 0.807. The molecule has 1 saturated heterocycles. The molecule has 2 N–H and O–H groups in total. The second-order valence-electron chi connectivity index (χ2n) is 6.04. The first-order valence-electron chi connectivity index (χ1n) is 8.07. The van der Waals surface area contributed by atoms with E-state index in [1.54, 1.807) is 24.3 Å². The van der Waals surface area contributed by atoms with Crippen LogP contribution in [0, 0.1) is 0 Å². The van der Waals surface area contributed by atoms with Crippen LogP contribution in [0.1, 0.15) is 35.3 Å². The van der Waals surface area contributed by atoms with Crippen molar-refractivity contribution in [3.05, 3.63) is 60.8 Å². The summed E-state index contributed by atoms with van der Waals surface area (Å²) in [7, 11) is 0. The summed E-state index contributed by atoms with van der Waals surface area (Å²) in [4.78, 5) is 41.2. The Morgan fingerprint density at radius 3 is 2.36 bits per heavy atom. The van der Waals surface area contributed by atoms with Crippen LogP contribution in [0.25, 0.3) is 5.69 Å². The molecular formula is C17H18BrN3O4. The zero-order chi connectivity index (χ0) is 18.0. The summed E-state index contributed by atoms with van der Waals surface area (Å²) in [5.41, 5.74) is -1.17. The molecule has 1 aromatic heterocycles. The molecule has 8 heteroatoms. The van der Waals surface area contributed by atoms with E-state index in [4.69, 9.17) is 0 Å². The van der Waals surface area contributed by atoms with Gasteiger partial charge >= 0.3 is 11.7 Å². The average Bonchev–Trinajstić information content (AvgIpc) is 2.59. The number of nitrogens with zero attached hydrogens (tertiary/aromatic N) is 2. The lowest BCUT2D eigenvalue weighted by Gasteiger charge is -2.26. The van der Waals surface area contributed by atoms with Crippen molar-refractivity contribution in [1.29, 1.82) is 0 Å². The second kappa shape index (κ2) is 7.37. The minimum atomic E-state index is -1.30. The maximum atomic E-state index is 12.9. The van der Waals surface area contributed by atoms with Crippen molar-refractivity contribution in [3.8, 4) is 5.69 Å². The average molecular weight is 408 g/mol. The van der Waals surface area contributed by atoms with Crippen LogP contribution in [0.3, 0.4) is 0 Å². The first kappa shape index (κ1) is 17.6. The standard InChI is InChI=1S/C17H18BrN3O4/c18-11-4-6-12(7-5-11)21-15(22)13(10-20-8-2-1-3-9-20)14(16(23)24)19-17(21)25/h4-7H,1-3,8-10H2,(H,19,25)(H,23,24). The van der Waals surface area contributed by atoms with Crippen molar-refractivity contribution in [1.82, 2.24) is 14.5 Å². The number of aromatic amines is 1. The smallest absolute Gasteiger partial charge is 0.352 e. The number of rotatable bonds is 4. The van der Waals surface area contributed by atoms with Gasteiger partial charge in [0.1, 0.15) is 5.69 Å². The lowest BCUT2D eigenvalue weighted by Crippen LogP contribution is -2.41. The van der Waals surface area contributed by atoms with Crippen molar-refractivity contribution in [3.63, 3.8) is 0 Å². The van der Waals surface area contributed by atoms with Gasteiger partial charge < -0.3 is 10.1 Å². The first-order chi connectivity index (χ1) is 12.0. The molecule has 1 aromatic carbocycles. The van der Waals surface area contributed by atoms with Gasteiger partial charge in [-0.25, -0.2) is 14.2 Å². The van der Waals surface area contributed by atoms with Gasteiger partial charge in [-0.05, 0) is 50.2 Å². The summed E-state index contributed by atoms with van der Waals surface area (Å²) >= 11 is 3.31. The molecule has 0 radical (unpaired) electrons. The molecule has 3 rings (SSSR count). The molecule has 1 aliphatic heterocycles. The van der Waals surface area contributed by atoms with Crippen molar-refractivity contribution in [2.45, 2.75) is 25.8 Å². The zero-order valence-corrected chi connectivity index (χ0v) is 15.1. The Bertz CT molecular complexity index is 896. The monoisotopic (exact) mass is 407 g/mol. The Kier molecular flexibility index (Phi) is 5.19. The van der Waals surface area contributed by atoms with Gasteiger partial charge in [-0.15, -0.1) is 0 Å². The Labute approximate surface area is 152 Å². The van der Waals surface area contributed by atoms with Gasteiger partial charge in [0.05, 0.1) is 11.3 Å².